The fourth-order valence-electron chi connectivity index (χ4n) is 3.78. The van der Waals surface area contributed by atoms with Gasteiger partial charge in [-0.3, -0.25) is 0 Å². The van der Waals surface area contributed by atoms with Gasteiger partial charge in [-0.05, 0) is 53.7 Å². The van der Waals surface area contributed by atoms with Gasteiger partial charge in [0.1, 0.15) is 41.8 Å². The summed E-state index contributed by atoms with van der Waals surface area (Å²) in [5, 5.41) is 4.33. The van der Waals surface area contributed by atoms with E-state index in [9.17, 15) is 4.79 Å². The van der Waals surface area contributed by atoms with Gasteiger partial charge in [0.25, 0.3) is 0 Å². The first-order valence-electron chi connectivity index (χ1n) is 11.2. The highest BCUT2D eigenvalue weighted by atomic mass is 16.6. The fraction of sp³-hybridized carbons (Fsp3) is 0.500. The molecule has 9 heteroatoms. The number of ether oxygens (including phenoxy) is 2. The first kappa shape index (κ1) is 22.8. The number of nitrogens with zero attached hydrogens (tertiary/aromatic N) is 6. The first-order valence-corrected chi connectivity index (χ1v) is 11.2. The Morgan fingerprint density at radius 3 is 2.67 bits per heavy atom. The van der Waals surface area contributed by atoms with Gasteiger partial charge in [-0.15, -0.1) is 0 Å². The molecule has 0 bridgehead atoms. The zero-order chi connectivity index (χ0) is 23.9. The SMILES string of the molecule is CC(C)n1ncnc1-c1cn2c(n1)-c1ccc(N(C)[C@@H](C)C(=O)OC(C)(C)C)cc1OCC2. The smallest absolute Gasteiger partial charge is 0.328 e. The van der Waals surface area contributed by atoms with Gasteiger partial charge in [0.2, 0.25) is 0 Å². The van der Waals surface area contributed by atoms with Crippen LogP contribution in [0, 0.1) is 0 Å². The molecule has 176 valence electrons. The number of esters is 1. The molecule has 3 heterocycles. The average molecular weight is 453 g/mol. The molecule has 4 rings (SSSR count). The number of rotatable bonds is 5. The number of imidazole rings is 1. The Balaban J connectivity index is 1.65. The highest BCUT2D eigenvalue weighted by molar-refractivity contribution is 5.81. The van der Waals surface area contributed by atoms with Crippen molar-refractivity contribution in [3.8, 4) is 28.7 Å². The van der Waals surface area contributed by atoms with Crippen LogP contribution in [0.2, 0.25) is 0 Å². The monoisotopic (exact) mass is 452 g/mol. The van der Waals surface area contributed by atoms with Crippen molar-refractivity contribution in [2.75, 3.05) is 18.6 Å². The van der Waals surface area contributed by atoms with Crippen LogP contribution in [0.5, 0.6) is 5.75 Å². The third-order valence-corrected chi connectivity index (χ3v) is 5.60. The molecule has 0 aliphatic carbocycles. The van der Waals surface area contributed by atoms with E-state index in [1.165, 1.54) is 0 Å². The summed E-state index contributed by atoms with van der Waals surface area (Å²) < 4.78 is 15.6. The van der Waals surface area contributed by atoms with Gasteiger partial charge in [-0.25, -0.2) is 19.4 Å². The van der Waals surface area contributed by atoms with Crippen molar-refractivity contribution >= 4 is 11.7 Å². The van der Waals surface area contributed by atoms with E-state index in [0.29, 0.717) is 13.2 Å². The second-order valence-corrected chi connectivity index (χ2v) is 9.61. The minimum absolute atomic E-state index is 0.185. The van der Waals surface area contributed by atoms with Crippen LogP contribution in [-0.4, -0.2) is 55.6 Å². The second kappa shape index (κ2) is 8.53. The maximum Gasteiger partial charge on any atom is 0.328 e. The van der Waals surface area contributed by atoms with Gasteiger partial charge in [-0.1, -0.05) is 0 Å². The summed E-state index contributed by atoms with van der Waals surface area (Å²) in [6, 6.07) is 5.67. The molecule has 0 amide bonds. The molecular weight excluding hydrogens is 420 g/mol. The molecule has 1 aliphatic rings. The molecule has 3 aromatic rings. The van der Waals surface area contributed by atoms with E-state index in [1.54, 1.807) is 6.33 Å². The van der Waals surface area contributed by atoms with Crippen molar-refractivity contribution in [2.24, 2.45) is 0 Å². The number of fused-ring (bicyclic) bond motifs is 3. The van der Waals surface area contributed by atoms with Crippen molar-refractivity contribution in [1.82, 2.24) is 24.3 Å². The number of benzene rings is 1. The highest BCUT2D eigenvalue weighted by Crippen LogP contribution is 2.36. The van der Waals surface area contributed by atoms with Gasteiger partial charge >= 0.3 is 5.97 Å². The molecule has 0 radical (unpaired) electrons. The van der Waals surface area contributed by atoms with Crippen molar-refractivity contribution in [3.05, 3.63) is 30.7 Å². The van der Waals surface area contributed by atoms with E-state index in [0.717, 1.165) is 34.3 Å². The summed E-state index contributed by atoms with van der Waals surface area (Å²) >= 11 is 0. The van der Waals surface area contributed by atoms with E-state index in [2.05, 4.69) is 28.5 Å². The minimum Gasteiger partial charge on any atom is -0.491 e. The Bertz CT molecular complexity index is 1160. The lowest BCUT2D eigenvalue weighted by atomic mass is 10.1. The molecule has 0 saturated carbocycles. The van der Waals surface area contributed by atoms with Gasteiger partial charge in [0.05, 0.1) is 12.1 Å². The van der Waals surface area contributed by atoms with Crippen LogP contribution in [0.1, 0.15) is 47.6 Å². The molecule has 33 heavy (non-hydrogen) atoms. The number of hydrogen-bond acceptors (Lipinski definition) is 7. The molecule has 0 saturated heterocycles. The highest BCUT2D eigenvalue weighted by Gasteiger charge is 2.27. The van der Waals surface area contributed by atoms with E-state index in [4.69, 9.17) is 14.5 Å². The Morgan fingerprint density at radius 2 is 1.97 bits per heavy atom. The molecule has 1 aromatic carbocycles. The topological polar surface area (TPSA) is 87.3 Å². The zero-order valence-corrected chi connectivity index (χ0v) is 20.4. The summed E-state index contributed by atoms with van der Waals surface area (Å²) in [4.78, 5) is 23.8. The maximum absolute atomic E-state index is 12.5. The predicted molar refractivity (Wildman–Crippen MR) is 126 cm³/mol. The lowest BCUT2D eigenvalue weighted by Gasteiger charge is -2.29. The van der Waals surface area contributed by atoms with Crippen molar-refractivity contribution in [2.45, 2.75) is 65.8 Å². The number of aromatic nitrogens is 5. The first-order chi connectivity index (χ1) is 15.5. The quantitative estimate of drug-likeness (QED) is 0.542. The van der Waals surface area contributed by atoms with Crippen molar-refractivity contribution in [1.29, 1.82) is 0 Å². The number of carbonyl (C=O) groups excluding carboxylic acids is 1. The normalized spacial score (nSPS) is 14.2. The van der Waals surface area contributed by atoms with Gasteiger partial charge in [0, 0.05) is 31.0 Å². The lowest BCUT2D eigenvalue weighted by Crippen LogP contribution is -2.40. The zero-order valence-electron chi connectivity index (χ0n) is 20.4. The van der Waals surface area contributed by atoms with Crippen molar-refractivity contribution in [3.63, 3.8) is 0 Å². The van der Waals surface area contributed by atoms with Crippen LogP contribution in [0.3, 0.4) is 0 Å². The van der Waals surface area contributed by atoms with Crippen LogP contribution in [0.4, 0.5) is 5.69 Å². The van der Waals surface area contributed by atoms with Crippen LogP contribution < -0.4 is 9.64 Å². The molecular formula is C24H32N6O3. The van der Waals surface area contributed by atoms with Gasteiger partial charge in [-0.2, -0.15) is 5.10 Å². The average Bonchev–Trinajstić information content (AvgIpc) is 3.35. The van der Waals surface area contributed by atoms with E-state index in [1.807, 2.05) is 68.7 Å². The van der Waals surface area contributed by atoms with E-state index >= 15 is 0 Å². The summed E-state index contributed by atoms with van der Waals surface area (Å²) in [6.45, 7) is 12.8. The van der Waals surface area contributed by atoms with Gasteiger partial charge in [0.15, 0.2) is 5.82 Å². The third-order valence-electron chi connectivity index (χ3n) is 5.60. The summed E-state index contributed by atoms with van der Waals surface area (Å²) in [6.07, 6.45) is 3.56. The van der Waals surface area contributed by atoms with Crippen LogP contribution in [0.15, 0.2) is 30.7 Å². The Labute approximate surface area is 194 Å². The van der Waals surface area contributed by atoms with E-state index < -0.39 is 11.6 Å². The number of likely N-dealkylation sites (N-methyl/N-ethyl adjacent to an activating group) is 1. The molecule has 9 nitrogen and oxygen atoms in total. The Morgan fingerprint density at radius 1 is 1.21 bits per heavy atom. The Kier molecular flexibility index (Phi) is 5.90. The minimum atomic E-state index is -0.530. The number of hydrogen-bond donors (Lipinski definition) is 0. The lowest BCUT2D eigenvalue weighted by molar-refractivity contribution is -0.156. The molecule has 0 fully saturated rings. The second-order valence-electron chi connectivity index (χ2n) is 9.61. The molecule has 0 unspecified atom stereocenters. The van der Waals surface area contributed by atoms with Gasteiger partial charge < -0.3 is 18.9 Å². The van der Waals surface area contributed by atoms with Crippen LogP contribution in [-0.2, 0) is 16.1 Å². The summed E-state index contributed by atoms with van der Waals surface area (Å²) in [5.41, 5.74) is 2.02. The third kappa shape index (κ3) is 4.58. The number of carbonyl (C=O) groups is 1. The fourth-order valence-corrected chi connectivity index (χ4v) is 3.78. The summed E-state index contributed by atoms with van der Waals surface area (Å²) in [7, 11) is 1.88. The Hall–Kier alpha value is -3.36. The maximum atomic E-state index is 12.5. The molecule has 1 aliphatic heterocycles. The molecule has 1 atom stereocenters. The van der Waals surface area contributed by atoms with E-state index in [-0.39, 0.29) is 12.0 Å². The van der Waals surface area contributed by atoms with Crippen LogP contribution in [0.25, 0.3) is 22.9 Å². The standard InChI is InChI=1S/C24H32N6O3/c1-15(2)30-22(25-14-26-30)19-13-29-10-11-32-20-12-17(8-9-18(20)21(29)27-19)28(7)16(3)23(31)33-24(4,5)6/h8-9,12-16H,10-11H2,1-7H3/t16-/m0/s1. The van der Waals surface area contributed by atoms with Crippen molar-refractivity contribution < 1.29 is 14.3 Å². The molecule has 0 spiro atoms. The summed E-state index contributed by atoms with van der Waals surface area (Å²) in [5.74, 6) is 2.04. The predicted octanol–water partition coefficient (Wildman–Crippen LogP) is 3.95. The van der Waals surface area contributed by atoms with Crippen LogP contribution >= 0.6 is 0 Å². The number of anilines is 1. The molecule has 0 N–H and O–H groups in total. The largest absolute Gasteiger partial charge is 0.491 e. The molecule has 2 aromatic heterocycles.